The fourth-order valence-electron chi connectivity index (χ4n) is 3.81. The van der Waals surface area contributed by atoms with E-state index in [2.05, 4.69) is 24.1 Å². The summed E-state index contributed by atoms with van der Waals surface area (Å²) < 4.78 is 16.6. The van der Waals surface area contributed by atoms with Crippen LogP contribution in [0.2, 0.25) is 0 Å². The van der Waals surface area contributed by atoms with Crippen molar-refractivity contribution < 1.29 is 24.1 Å². The number of rotatable bonds is 10. The number of ether oxygens (including phenoxy) is 3. The molecule has 7 heteroatoms. The van der Waals surface area contributed by atoms with Gasteiger partial charge in [-0.1, -0.05) is 13.8 Å². The maximum atomic E-state index is 12.1. The highest BCUT2D eigenvalue weighted by Crippen LogP contribution is 2.39. The van der Waals surface area contributed by atoms with Gasteiger partial charge < -0.3 is 29.6 Å². The van der Waals surface area contributed by atoms with Crippen LogP contribution < -0.4 is 19.5 Å². The largest absolute Gasteiger partial charge is 0.493 e. The lowest BCUT2D eigenvalue weighted by Gasteiger charge is -2.17. The lowest BCUT2D eigenvalue weighted by Crippen LogP contribution is -2.33. The highest BCUT2D eigenvalue weighted by Gasteiger charge is 2.18. The van der Waals surface area contributed by atoms with Crippen LogP contribution in [-0.2, 0) is 4.79 Å². The van der Waals surface area contributed by atoms with Crippen molar-refractivity contribution in [1.29, 1.82) is 0 Å². The van der Waals surface area contributed by atoms with Crippen molar-refractivity contribution in [3.8, 4) is 28.5 Å². The first-order valence-electron chi connectivity index (χ1n) is 11.1. The first-order chi connectivity index (χ1) is 15.6. The molecule has 1 amide bonds. The van der Waals surface area contributed by atoms with Gasteiger partial charge in [0.05, 0.1) is 25.5 Å². The molecule has 0 saturated carbocycles. The van der Waals surface area contributed by atoms with Crippen molar-refractivity contribution in [1.82, 2.24) is 10.3 Å². The molecule has 1 heterocycles. The maximum absolute atomic E-state index is 12.1. The van der Waals surface area contributed by atoms with E-state index in [-0.39, 0.29) is 18.4 Å². The summed E-state index contributed by atoms with van der Waals surface area (Å²) in [5.41, 5.74) is 3.36. The molecule has 3 aromatic rings. The number of aromatic nitrogens is 1. The van der Waals surface area contributed by atoms with Gasteiger partial charge in [-0.15, -0.1) is 0 Å². The van der Waals surface area contributed by atoms with Crippen LogP contribution in [0.15, 0.2) is 36.4 Å². The molecule has 0 fully saturated rings. The van der Waals surface area contributed by atoms with Crippen LogP contribution in [0.4, 0.5) is 0 Å². The van der Waals surface area contributed by atoms with Gasteiger partial charge in [-0.3, -0.25) is 4.79 Å². The molecule has 2 aromatic carbocycles. The molecule has 7 nitrogen and oxygen atoms in total. The monoisotopic (exact) mass is 454 g/mol. The third-order valence-corrected chi connectivity index (χ3v) is 5.49. The molecule has 0 bridgehead atoms. The van der Waals surface area contributed by atoms with E-state index in [1.165, 1.54) is 0 Å². The highest BCUT2D eigenvalue weighted by molar-refractivity contribution is 5.92. The smallest absolute Gasteiger partial charge is 0.257 e. The second-order valence-electron chi connectivity index (χ2n) is 9.05. The molecule has 3 rings (SSSR count). The van der Waals surface area contributed by atoms with Crippen LogP contribution in [0.1, 0.15) is 45.6 Å². The summed E-state index contributed by atoms with van der Waals surface area (Å²) in [7, 11) is 3.25. The van der Waals surface area contributed by atoms with Crippen molar-refractivity contribution in [3.05, 3.63) is 42.0 Å². The van der Waals surface area contributed by atoms with Crippen molar-refractivity contribution in [3.63, 3.8) is 0 Å². The average Bonchev–Trinajstić information content (AvgIpc) is 3.15. The molecular formula is C26H34N2O5. The number of hydrogen-bond acceptors (Lipinski definition) is 5. The van der Waals surface area contributed by atoms with Crippen LogP contribution in [0.25, 0.3) is 22.2 Å². The lowest BCUT2D eigenvalue weighted by molar-refractivity contribution is -0.123. The summed E-state index contributed by atoms with van der Waals surface area (Å²) >= 11 is 0. The number of benzene rings is 2. The number of nitrogens with one attached hydrogen (secondary N) is 2. The Labute approximate surface area is 195 Å². The standard InChI is InChI=1S/C26H34N2O5/c1-16(2)24-19-14-18(33-15-23(29)27-12-11-26(3,4)30)8-9-20(19)28-25(24)17-7-10-21(31-5)22(13-17)32-6/h7-10,13-14,16,28,30H,11-12,15H2,1-6H3,(H,27,29). The lowest BCUT2D eigenvalue weighted by atomic mass is 9.96. The Morgan fingerprint density at radius 3 is 2.45 bits per heavy atom. The molecule has 0 aliphatic rings. The van der Waals surface area contributed by atoms with Crippen molar-refractivity contribution in [2.45, 2.75) is 45.6 Å². The zero-order chi connectivity index (χ0) is 24.2. The van der Waals surface area contributed by atoms with E-state index >= 15 is 0 Å². The Balaban J connectivity index is 1.84. The van der Waals surface area contributed by atoms with Gasteiger partial charge >= 0.3 is 0 Å². The number of hydrogen-bond donors (Lipinski definition) is 3. The molecule has 0 aliphatic heterocycles. The van der Waals surface area contributed by atoms with Gasteiger partial charge in [-0.2, -0.15) is 0 Å². The van der Waals surface area contributed by atoms with E-state index in [1.807, 2.05) is 36.4 Å². The second-order valence-corrected chi connectivity index (χ2v) is 9.05. The molecule has 0 aliphatic carbocycles. The molecule has 178 valence electrons. The minimum absolute atomic E-state index is 0.0820. The first kappa shape index (κ1) is 24.5. The van der Waals surface area contributed by atoms with E-state index in [0.29, 0.717) is 30.2 Å². The van der Waals surface area contributed by atoms with E-state index in [4.69, 9.17) is 14.2 Å². The summed E-state index contributed by atoms with van der Waals surface area (Å²) in [5, 5.41) is 13.6. The van der Waals surface area contributed by atoms with Crippen molar-refractivity contribution >= 4 is 16.8 Å². The Morgan fingerprint density at radius 2 is 1.82 bits per heavy atom. The van der Waals surface area contributed by atoms with Gasteiger partial charge in [-0.05, 0) is 68.1 Å². The zero-order valence-electron chi connectivity index (χ0n) is 20.2. The molecule has 0 saturated heterocycles. The van der Waals surface area contributed by atoms with Crippen LogP contribution in [0.5, 0.6) is 17.2 Å². The molecule has 3 N–H and O–H groups in total. The summed E-state index contributed by atoms with van der Waals surface area (Å²) in [6, 6.07) is 11.7. The number of methoxy groups -OCH3 is 2. The molecule has 1 aromatic heterocycles. The summed E-state index contributed by atoms with van der Waals surface area (Å²) in [4.78, 5) is 15.6. The Kier molecular flexibility index (Phi) is 7.53. The number of aromatic amines is 1. The third-order valence-electron chi connectivity index (χ3n) is 5.49. The van der Waals surface area contributed by atoms with Crippen molar-refractivity contribution in [2.75, 3.05) is 27.4 Å². The maximum Gasteiger partial charge on any atom is 0.257 e. The molecule has 0 atom stereocenters. The molecule has 0 spiro atoms. The van der Waals surface area contributed by atoms with Gasteiger partial charge in [0.25, 0.3) is 5.91 Å². The van der Waals surface area contributed by atoms with Crippen molar-refractivity contribution in [2.24, 2.45) is 0 Å². The Morgan fingerprint density at radius 1 is 1.09 bits per heavy atom. The van der Waals surface area contributed by atoms with Crippen LogP contribution in [0, 0.1) is 0 Å². The number of H-pyrrole nitrogens is 1. The molecular weight excluding hydrogens is 420 g/mol. The van der Waals surface area contributed by atoms with E-state index in [9.17, 15) is 9.90 Å². The van der Waals surface area contributed by atoms with Gasteiger partial charge in [-0.25, -0.2) is 0 Å². The third kappa shape index (κ3) is 5.99. The minimum Gasteiger partial charge on any atom is -0.493 e. The minimum atomic E-state index is -0.813. The topological polar surface area (TPSA) is 92.8 Å². The van der Waals surface area contributed by atoms with Gasteiger partial charge in [0.1, 0.15) is 5.75 Å². The summed E-state index contributed by atoms with van der Waals surface area (Å²) in [6.45, 7) is 8.04. The highest BCUT2D eigenvalue weighted by atomic mass is 16.5. The number of fused-ring (bicyclic) bond motifs is 1. The molecule has 33 heavy (non-hydrogen) atoms. The van der Waals surface area contributed by atoms with Crippen LogP contribution in [0.3, 0.4) is 0 Å². The van der Waals surface area contributed by atoms with Crippen LogP contribution >= 0.6 is 0 Å². The van der Waals surface area contributed by atoms with Gasteiger partial charge in [0.15, 0.2) is 18.1 Å². The summed E-state index contributed by atoms with van der Waals surface area (Å²) in [5.74, 6) is 2.01. The molecule has 0 unspecified atom stereocenters. The average molecular weight is 455 g/mol. The van der Waals surface area contributed by atoms with E-state index in [0.717, 1.165) is 27.7 Å². The second kappa shape index (κ2) is 10.2. The number of amides is 1. The number of carbonyl (C=O) groups is 1. The predicted octanol–water partition coefficient (Wildman–Crippen LogP) is 4.63. The van der Waals surface area contributed by atoms with E-state index < -0.39 is 5.60 Å². The summed E-state index contributed by atoms with van der Waals surface area (Å²) in [6.07, 6.45) is 0.477. The zero-order valence-corrected chi connectivity index (χ0v) is 20.2. The number of aliphatic hydroxyl groups is 1. The van der Waals surface area contributed by atoms with E-state index in [1.54, 1.807) is 28.1 Å². The fourth-order valence-corrected chi connectivity index (χ4v) is 3.81. The normalized spacial score (nSPS) is 11.6. The quantitative estimate of drug-likeness (QED) is 0.415. The van der Waals surface area contributed by atoms with Crippen LogP contribution in [-0.4, -0.2) is 49.0 Å². The first-order valence-corrected chi connectivity index (χ1v) is 11.1. The molecule has 0 radical (unpaired) electrons. The predicted molar refractivity (Wildman–Crippen MR) is 130 cm³/mol. The van der Waals surface area contributed by atoms with Gasteiger partial charge in [0.2, 0.25) is 0 Å². The fraction of sp³-hybridized carbons (Fsp3) is 0.423. The van der Waals surface area contributed by atoms with Gasteiger partial charge in [0, 0.05) is 23.0 Å². The Bertz CT molecular complexity index is 1110. The number of carbonyl (C=O) groups excluding carboxylic acids is 1. The Hall–Kier alpha value is -3.19. The SMILES string of the molecule is COc1ccc(-c2[nH]c3ccc(OCC(=O)NCCC(C)(C)O)cc3c2C(C)C)cc1OC.